The van der Waals surface area contributed by atoms with Crippen LogP contribution in [0, 0.1) is 17.0 Å². The topological polar surface area (TPSA) is 114 Å². The lowest BCUT2D eigenvalue weighted by Crippen LogP contribution is -2.21. The summed E-state index contributed by atoms with van der Waals surface area (Å²) in [7, 11) is 0. The highest BCUT2D eigenvalue weighted by atomic mass is 16.6. The molecule has 0 aliphatic carbocycles. The first-order valence-corrected chi connectivity index (χ1v) is 9.44. The van der Waals surface area contributed by atoms with Crippen molar-refractivity contribution < 1.29 is 10.0 Å². The standard InChI is InChI=1S/C23H18N4O4/c1-15-21(23(29)26(25-15)18-5-3-2-4-6-18)22(24-17-9-13-20(28)14-10-17)16-7-11-19(12-8-16)27(30)31/h2-14,25,28H,1H3. The summed E-state index contributed by atoms with van der Waals surface area (Å²) in [6, 6.07) is 21.3. The van der Waals surface area contributed by atoms with Crippen LogP contribution in [-0.4, -0.2) is 25.5 Å². The highest BCUT2D eigenvalue weighted by molar-refractivity contribution is 6.14. The highest BCUT2D eigenvalue weighted by Crippen LogP contribution is 2.22. The van der Waals surface area contributed by atoms with E-state index >= 15 is 0 Å². The minimum atomic E-state index is -0.482. The van der Waals surface area contributed by atoms with Crippen molar-refractivity contribution in [1.29, 1.82) is 0 Å². The van der Waals surface area contributed by atoms with Crippen molar-refractivity contribution in [3.05, 3.63) is 116 Å². The molecule has 0 unspecified atom stereocenters. The number of aromatic amines is 1. The molecule has 3 aromatic carbocycles. The molecule has 0 aliphatic rings. The predicted molar refractivity (Wildman–Crippen MR) is 118 cm³/mol. The summed E-state index contributed by atoms with van der Waals surface area (Å²) in [5, 5.41) is 23.7. The molecule has 1 aromatic heterocycles. The SMILES string of the molecule is Cc1[nH]n(-c2ccccc2)c(=O)c1C(=Nc1ccc(O)cc1)c1ccc([N+](=O)[O-])cc1. The first-order valence-electron chi connectivity index (χ1n) is 9.44. The van der Waals surface area contributed by atoms with E-state index in [2.05, 4.69) is 10.1 Å². The van der Waals surface area contributed by atoms with Crippen molar-refractivity contribution in [2.45, 2.75) is 6.92 Å². The van der Waals surface area contributed by atoms with Crippen LogP contribution >= 0.6 is 0 Å². The number of phenolic OH excluding ortho intramolecular Hbond substituents is 1. The lowest BCUT2D eigenvalue weighted by atomic mass is 10.0. The van der Waals surface area contributed by atoms with Gasteiger partial charge in [-0.05, 0) is 55.5 Å². The van der Waals surface area contributed by atoms with Crippen LogP contribution in [0.3, 0.4) is 0 Å². The number of nitrogens with one attached hydrogen (secondary N) is 1. The van der Waals surface area contributed by atoms with E-state index in [4.69, 9.17) is 0 Å². The highest BCUT2D eigenvalue weighted by Gasteiger charge is 2.20. The molecule has 8 heteroatoms. The van der Waals surface area contributed by atoms with E-state index < -0.39 is 4.92 Å². The Morgan fingerprint density at radius 3 is 2.26 bits per heavy atom. The maximum atomic E-state index is 13.3. The molecule has 0 saturated heterocycles. The molecule has 2 N–H and O–H groups in total. The largest absolute Gasteiger partial charge is 0.508 e. The number of hydrogen-bond donors (Lipinski definition) is 2. The second-order valence-corrected chi connectivity index (χ2v) is 6.87. The number of H-pyrrole nitrogens is 1. The average Bonchev–Trinajstić information content (AvgIpc) is 3.08. The summed E-state index contributed by atoms with van der Waals surface area (Å²) in [5.41, 5.74) is 2.73. The van der Waals surface area contributed by atoms with Gasteiger partial charge in [-0.3, -0.25) is 20.0 Å². The molecule has 0 atom stereocenters. The lowest BCUT2D eigenvalue weighted by Gasteiger charge is -2.06. The van der Waals surface area contributed by atoms with E-state index in [-0.39, 0.29) is 17.0 Å². The van der Waals surface area contributed by atoms with Gasteiger partial charge < -0.3 is 5.11 Å². The van der Waals surface area contributed by atoms with Crippen LogP contribution in [0.4, 0.5) is 11.4 Å². The second-order valence-electron chi connectivity index (χ2n) is 6.87. The number of nitro benzene ring substituents is 1. The Balaban J connectivity index is 1.91. The third kappa shape index (κ3) is 3.99. The Labute approximate surface area is 176 Å². The van der Waals surface area contributed by atoms with Gasteiger partial charge in [0, 0.05) is 23.4 Å². The molecule has 0 fully saturated rings. The van der Waals surface area contributed by atoms with Gasteiger partial charge in [0.2, 0.25) is 0 Å². The van der Waals surface area contributed by atoms with Crippen molar-refractivity contribution in [3.8, 4) is 11.4 Å². The normalized spacial score (nSPS) is 11.5. The van der Waals surface area contributed by atoms with Gasteiger partial charge >= 0.3 is 0 Å². The number of para-hydroxylation sites is 1. The maximum absolute atomic E-state index is 13.3. The number of phenols is 1. The Morgan fingerprint density at radius 2 is 1.65 bits per heavy atom. The van der Waals surface area contributed by atoms with Gasteiger partial charge in [0.05, 0.1) is 27.6 Å². The quantitative estimate of drug-likeness (QED) is 0.289. The maximum Gasteiger partial charge on any atom is 0.280 e. The molecule has 0 saturated carbocycles. The van der Waals surface area contributed by atoms with Gasteiger partial charge in [0.1, 0.15) is 5.75 Å². The minimum Gasteiger partial charge on any atom is -0.508 e. The third-order valence-corrected chi connectivity index (χ3v) is 4.76. The number of aryl methyl sites for hydroxylation is 1. The predicted octanol–water partition coefficient (Wildman–Crippen LogP) is 4.26. The van der Waals surface area contributed by atoms with Crippen LogP contribution < -0.4 is 5.56 Å². The van der Waals surface area contributed by atoms with Gasteiger partial charge in [-0.1, -0.05) is 18.2 Å². The molecule has 0 bridgehead atoms. The summed E-state index contributed by atoms with van der Waals surface area (Å²) in [4.78, 5) is 28.5. The molecular formula is C23H18N4O4. The van der Waals surface area contributed by atoms with E-state index in [0.29, 0.717) is 33.9 Å². The zero-order valence-electron chi connectivity index (χ0n) is 16.5. The number of rotatable bonds is 5. The number of nitro groups is 1. The molecule has 154 valence electrons. The van der Waals surface area contributed by atoms with Crippen molar-refractivity contribution in [1.82, 2.24) is 9.78 Å². The summed E-state index contributed by atoms with van der Waals surface area (Å²) >= 11 is 0. The molecule has 31 heavy (non-hydrogen) atoms. The molecular weight excluding hydrogens is 396 g/mol. The minimum absolute atomic E-state index is 0.0554. The summed E-state index contributed by atoms with van der Waals surface area (Å²) in [5.74, 6) is 0.0973. The number of aliphatic imine (C=N–C) groups is 1. The van der Waals surface area contributed by atoms with Gasteiger partial charge in [-0.15, -0.1) is 0 Å². The molecule has 8 nitrogen and oxygen atoms in total. The molecule has 4 aromatic rings. The average molecular weight is 414 g/mol. The Bertz CT molecular complexity index is 1320. The first kappa shape index (κ1) is 19.8. The third-order valence-electron chi connectivity index (χ3n) is 4.76. The van der Waals surface area contributed by atoms with Crippen LogP contribution in [0.5, 0.6) is 5.75 Å². The first-order chi connectivity index (χ1) is 14.9. The number of benzene rings is 3. The van der Waals surface area contributed by atoms with Crippen LogP contribution in [0.25, 0.3) is 5.69 Å². The lowest BCUT2D eigenvalue weighted by molar-refractivity contribution is -0.384. The monoisotopic (exact) mass is 414 g/mol. The zero-order chi connectivity index (χ0) is 22.0. The number of aromatic hydroxyl groups is 1. The van der Waals surface area contributed by atoms with Crippen LogP contribution in [0.2, 0.25) is 0 Å². The number of hydrogen-bond acceptors (Lipinski definition) is 5. The fourth-order valence-corrected chi connectivity index (χ4v) is 3.25. The van der Waals surface area contributed by atoms with Gasteiger partial charge in [-0.2, -0.15) is 0 Å². The Hall–Kier alpha value is -4.46. The molecule has 0 aliphatic heterocycles. The number of nitrogens with zero attached hydrogens (tertiary/aromatic N) is 3. The number of non-ortho nitro benzene ring substituents is 1. The molecule has 0 spiro atoms. The second kappa shape index (κ2) is 8.11. The summed E-state index contributed by atoms with van der Waals surface area (Å²) in [6.45, 7) is 1.77. The Morgan fingerprint density at radius 1 is 1.00 bits per heavy atom. The fraction of sp³-hybridized carbons (Fsp3) is 0.0435. The van der Waals surface area contributed by atoms with Crippen molar-refractivity contribution in [3.63, 3.8) is 0 Å². The fourth-order valence-electron chi connectivity index (χ4n) is 3.25. The van der Waals surface area contributed by atoms with E-state index in [9.17, 15) is 20.0 Å². The van der Waals surface area contributed by atoms with Crippen LogP contribution in [-0.2, 0) is 0 Å². The number of aromatic nitrogens is 2. The van der Waals surface area contributed by atoms with Crippen molar-refractivity contribution in [2.75, 3.05) is 0 Å². The molecule has 4 rings (SSSR count). The summed E-state index contributed by atoms with van der Waals surface area (Å²) in [6.07, 6.45) is 0. The van der Waals surface area contributed by atoms with Crippen LogP contribution in [0.15, 0.2) is 88.6 Å². The van der Waals surface area contributed by atoms with Gasteiger partial charge in [-0.25, -0.2) is 9.67 Å². The van der Waals surface area contributed by atoms with Crippen molar-refractivity contribution in [2.24, 2.45) is 4.99 Å². The smallest absolute Gasteiger partial charge is 0.280 e. The van der Waals surface area contributed by atoms with E-state index in [0.717, 1.165) is 0 Å². The molecule has 1 heterocycles. The molecule has 0 radical (unpaired) electrons. The zero-order valence-corrected chi connectivity index (χ0v) is 16.5. The van der Waals surface area contributed by atoms with E-state index in [1.165, 1.54) is 28.9 Å². The van der Waals surface area contributed by atoms with Gasteiger partial charge in [0.15, 0.2) is 0 Å². The molecule has 0 amide bonds. The van der Waals surface area contributed by atoms with Gasteiger partial charge in [0.25, 0.3) is 11.2 Å². The van der Waals surface area contributed by atoms with Crippen LogP contribution in [0.1, 0.15) is 16.8 Å². The van der Waals surface area contributed by atoms with E-state index in [1.807, 2.05) is 30.3 Å². The summed E-state index contributed by atoms with van der Waals surface area (Å²) < 4.78 is 1.43. The van der Waals surface area contributed by atoms with E-state index in [1.54, 1.807) is 31.2 Å². The van der Waals surface area contributed by atoms with Crippen molar-refractivity contribution >= 4 is 17.1 Å². The Kier molecular flexibility index (Phi) is 5.19.